The highest BCUT2D eigenvalue weighted by Crippen LogP contribution is 2.37. The van der Waals surface area contributed by atoms with Crippen LogP contribution < -0.4 is 5.56 Å². The minimum absolute atomic E-state index is 0.0515. The van der Waals surface area contributed by atoms with E-state index in [1.165, 1.54) is 11.1 Å². The Morgan fingerprint density at radius 2 is 1.62 bits per heavy atom. The molecule has 0 radical (unpaired) electrons. The molecule has 4 rings (SSSR count). The molecule has 1 aromatic heterocycles. The number of aromatic nitrogens is 2. The van der Waals surface area contributed by atoms with E-state index in [-0.39, 0.29) is 48.9 Å². The van der Waals surface area contributed by atoms with Crippen LogP contribution in [0.15, 0.2) is 29.1 Å². The van der Waals surface area contributed by atoms with E-state index in [2.05, 4.69) is 37.8 Å². The highest BCUT2D eigenvalue weighted by atomic mass is 19.1. The standard InChI is InChI=1S/C40H54FN3O4/c1-10-48-37(46)23-31(33-22-32(21-28(7)39(33)41)38-26(5)19-25(4)20-27(38)6)12-13-36(45)35(18-24(2)3)44-40(47)30(9)29(8)34(42-44)14-17-43-15-11-16-43/h19-22,24,31,35H,10-18,23H2,1-9H3/t31-,35-/m0/s1. The number of halogens is 1. The zero-order valence-corrected chi connectivity index (χ0v) is 30.5. The molecule has 8 heteroatoms. The summed E-state index contributed by atoms with van der Waals surface area (Å²) in [4.78, 5) is 43.0. The molecule has 3 aromatic rings. The highest BCUT2D eigenvalue weighted by Gasteiger charge is 2.29. The third-order valence-electron chi connectivity index (χ3n) is 9.87. The van der Waals surface area contributed by atoms with Crippen LogP contribution in [-0.2, 0) is 20.7 Å². The van der Waals surface area contributed by atoms with Gasteiger partial charge in [-0.2, -0.15) is 5.10 Å². The number of Topliss-reactive ketones (excluding diaryl/α,β-unsaturated/α-hetero) is 1. The predicted molar refractivity (Wildman–Crippen MR) is 190 cm³/mol. The molecule has 7 nitrogen and oxygen atoms in total. The van der Waals surface area contributed by atoms with Crippen LogP contribution in [0, 0.1) is 53.3 Å². The second kappa shape index (κ2) is 16.2. The van der Waals surface area contributed by atoms with Gasteiger partial charge in [0.1, 0.15) is 11.9 Å². The molecule has 0 N–H and O–H groups in total. The smallest absolute Gasteiger partial charge is 0.306 e. The number of benzene rings is 2. The molecule has 0 bridgehead atoms. The van der Waals surface area contributed by atoms with Gasteiger partial charge in [-0.15, -0.1) is 0 Å². The molecule has 0 amide bonds. The van der Waals surface area contributed by atoms with E-state index in [0.29, 0.717) is 29.5 Å². The van der Waals surface area contributed by atoms with Crippen molar-refractivity contribution in [2.75, 3.05) is 26.2 Å². The van der Waals surface area contributed by atoms with E-state index in [0.717, 1.165) is 58.7 Å². The van der Waals surface area contributed by atoms with E-state index in [9.17, 15) is 14.4 Å². The summed E-state index contributed by atoms with van der Waals surface area (Å²) in [5.41, 5.74) is 8.24. The summed E-state index contributed by atoms with van der Waals surface area (Å²) in [5, 5.41) is 4.81. The molecule has 0 spiro atoms. The molecular weight excluding hydrogens is 605 g/mol. The second-order valence-electron chi connectivity index (χ2n) is 14.2. The lowest BCUT2D eigenvalue weighted by Crippen LogP contribution is -2.39. The highest BCUT2D eigenvalue weighted by molar-refractivity contribution is 5.83. The number of likely N-dealkylation sites (tertiary alicyclic amines) is 1. The summed E-state index contributed by atoms with van der Waals surface area (Å²) in [6.07, 6.45) is 2.62. The van der Waals surface area contributed by atoms with E-state index in [4.69, 9.17) is 9.84 Å². The molecular formula is C40H54FN3O4. The first-order valence-corrected chi connectivity index (χ1v) is 17.6. The first-order valence-electron chi connectivity index (χ1n) is 17.6. The Morgan fingerprint density at radius 1 is 0.958 bits per heavy atom. The van der Waals surface area contributed by atoms with E-state index in [1.807, 2.05) is 39.8 Å². The Kier molecular flexibility index (Phi) is 12.5. The normalized spacial score (nSPS) is 14.6. The van der Waals surface area contributed by atoms with E-state index in [1.54, 1.807) is 13.8 Å². The van der Waals surface area contributed by atoms with Crippen molar-refractivity contribution in [2.24, 2.45) is 5.92 Å². The van der Waals surface area contributed by atoms with Crippen molar-refractivity contribution in [2.45, 2.75) is 113 Å². The molecule has 2 aromatic carbocycles. The minimum atomic E-state index is -0.751. The number of esters is 1. The van der Waals surface area contributed by atoms with Crippen LogP contribution in [0.25, 0.3) is 11.1 Å². The van der Waals surface area contributed by atoms with Gasteiger partial charge in [0, 0.05) is 24.9 Å². The summed E-state index contributed by atoms with van der Waals surface area (Å²) >= 11 is 0. The van der Waals surface area contributed by atoms with Crippen LogP contribution in [0.2, 0.25) is 0 Å². The summed E-state index contributed by atoms with van der Waals surface area (Å²) in [6, 6.07) is 7.17. The maximum absolute atomic E-state index is 16.0. The van der Waals surface area contributed by atoms with Gasteiger partial charge in [-0.1, -0.05) is 31.5 Å². The van der Waals surface area contributed by atoms with Crippen LogP contribution in [0.3, 0.4) is 0 Å². The van der Waals surface area contributed by atoms with Gasteiger partial charge in [0.15, 0.2) is 5.78 Å². The molecule has 1 fully saturated rings. The van der Waals surface area contributed by atoms with Crippen LogP contribution in [0.4, 0.5) is 4.39 Å². The van der Waals surface area contributed by atoms with Gasteiger partial charge in [0.2, 0.25) is 0 Å². The summed E-state index contributed by atoms with van der Waals surface area (Å²) < 4.78 is 22.7. The monoisotopic (exact) mass is 659 g/mol. The first kappa shape index (κ1) is 37.2. The molecule has 2 heterocycles. The summed E-state index contributed by atoms with van der Waals surface area (Å²) in [6.45, 7) is 20.7. The van der Waals surface area contributed by atoms with Crippen molar-refractivity contribution in [1.82, 2.24) is 14.7 Å². The Hall–Kier alpha value is -3.65. The van der Waals surface area contributed by atoms with Crippen molar-refractivity contribution in [3.8, 4) is 11.1 Å². The van der Waals surface area contributed by atoms with Crippen molar-refractivity contribution < 1.29 is 18.7 Å². The van der Waals surface area contributed by atoms with Crippen LogP contribution in [-0.4, -0.2) is 52.7 Å². The number of aryl methyl sites for hydroxylation is 4. The van der Waals surface area contributed by atoms with Gasteiger partial charge in [0.25, 0.3) is 5.56 Å². The Labute approximate surface area is 285 Å². The zero-order valence-electron chi connectivity index (χ0n) is 30.5. The van der Waals surface area contributed by atoms with Crippen molar-refractivity contribution in [3.63, 3.8) is 0 Å². The molecule has 0 saturated carbocycles. The number of carbonyl (C=O) groups is 2. The lowest BCUT2D eigenvalue weighted by molar-refractivity contribution is -0.143. The molecule has 1 aliphatic heterocycles. The third kappa shape index (κ3) is 8.68. The molecule has 1 aliphatic rings. The predicted octanol–water partition coefficient (Wildman–Crippen LogP) is 7.82. The number of hydrogen-bond donors (Lipinski definition) is 0. The lowest BCUT2D eigenvalue weighted by Gasteiger charge is -2.30. The quantitative estimate of drug-likeness (QED) is 0.155. The number of ketones is 1. The number of hydrogen-bond acceptors (Lipinski definition) is 6. The molecule has 0 aliphatic carbocycles. The summed E-state index contributed by atoms with van der Waals surface area (Å²) in [5.74, 6) is -1.40. The van der Waals surface area contributed by atoms with E-state index >= 15 is 4.39 Å². The average molecular weight is 660 g/mol. The van der Waals surface area contributed by atoms with Crippen molar-refractivity contribution >= 4 is 11.8 Å². The van der Waals surface area contributed by atoms with Crippen LogP contribution in [0.5, 0.6) is 0 Å². The van der Waals surface area contributed by atoms with Crippen LogP contribution >= 0.6 is 0 Å². The molecule has 2 atom stereocenters. The number of nitrogens with zero attached hydrogens (tertiary/aromatic N) is 3. The minimum Gasteiger partial charge on any atom is -0.466 e. The first-order chi connectivity index (χ1) is 22.7. The van der Waals surface area contributed by atoms with Gasteiger partial charge in [-0.3, -0.25) is 14.4 Å². The Bertz CT molecular complexity index is 1680. The Morgan fingerprint density at radius 3 is 2.21 bits per heavy atom. The largest absolute Gasteiger partial charge is 0.466 e. The third-order valence-corrected chi connectivity index (χ3v) is 9.87. The molecule has 260 valence electrons. The van der Waals surface area contributed by atoms with E-state index < -0.39 is 17.9 Å². The summed E-state index contributed by atoms with van der Waals surface area (Å²) in [7, 11) is 0. The van der Waals surface area contributed by atoms with Crippen molar-refractivity contribution in [1.29, 1.82) is 0 Å². The fourth-order valence-electron chi connectivity index (χ4n) is 7.08. The topological polar surface area (TPSA) is 81.5 Å². The van der Waals surface area contributed by atoms with Gasteiger partial charge < -0.3 is 9.64 Å². The maximum atomic E-state index is 16.0. The van der Waals surface area contributed by atoms with Gasteiger partial charge in [-0.05, 0) is 144 Å². The zero-order chi connectivity index (χ0) is 35.3. The van der Waals surface area contributed by atoms with Crippen molar-refractivity contribution in [3.05, 3.63) is 85.1 Å². The van der Waals surface area contributed by atoms with Gasteiger partial charge in [-0.25, -0.2) is 9.07 Å². The Balaban J connectivity index is 1.69. The number of ether oxygens (including phenoxy) is 1. The van der Waals surface area contributed by atoms with Gasteiger partial charge >= 0.3 is 5.97 Å². The number of carbonyl (C=O) groups excluding carboxylic acids is 2. The fourth-order valence-corrected chi connectivity index (χ4v) is 7.08. The average Bonchev–Trinajstić information content (AvgIpc) is 2.98. The lowest BCUT2D eigenvalue weighted by atomic mass is 9.84. The number of rotatable bonds is 15. The molecule has 0 unspecified atom stereocenters. The fraction of sp³-hybridized carbons (Fsp3) is 0.550. The second-order valence-corrected chi connectivity index (χ2v) is 14.2. The SMILES string of the molecule is CCOC(=O)C[C@H](CCC(=O)[C@H](CC(C)C)n1nc(CCN2CCC2)c(C)c(C)c1=O)c1cc(-c2c(C)cc(C)cc2C)cc(C)c1F. The maximum Gasteiger partial charge on any atom is 0.306 e. The molecule has 1 saturated heterocycles. The van der Waals surface area contributed by atoms with Gasteiger partial charge in [0.05, 0.1) is 18.7 Å². The molecule has 48 heavy (non-hydrogen) atoms. The van der Waals surface area contributed by atoms with Crippen LogP contribution in [0.1, 0.15) is 109 Å².